The Balaban J connectivity index is 2.44. The summed E-state index contributed by atoms with van der Waals surface area (Å²) in [5.41, 5.74) is -0.212. The molecule has 8 nitrogen and oxygen atoms in total. The molecule has 0 aliphatic carbocycles. The Morgan fingerprint density at radius 2 is 2.04 bits per heavy atom. The van der Waals surface area contributed by atoms with E-state index in [1.54, 1.807) is 0 Å². The molecule has 118 valence electrons. The molecule has 0 aromatic heterocycles. The summed E-state index contributed by atoms with van der Waals surface area (Å²) in [4.78, 5) is 46.8. The van der Waals surface area contributed by atoms with E-state index in [-0.39, 0.29) is 27.8 Å². The number of nitro groups is 1. The minimum atomic E-state index is -0.856. The van der Waals surface area contributed by atoms with Gasteiger partial charge in [0.15, 0.2) is 0 Å². The molecule has 1 aromatic rings. The molecule has 2 rings (SSSR count). The second kappa shape index (κ2) is 6.53. The first-order valence-corrected chi connectivity index (χ1v) is 7.08. The van der Waals surface area contributed by atoms with Gasteiger partial charge in [-0.05, 0) is 33.6 Å². The van der Waals surface area contributed by atoms with E-state index < -0.39 is 22.8 Å². The number of imide groups is 2. The average Bonchev–Trinajstić information content (AvgIpc) is 2.49. The molecule has 23 heavy (non-hydrogen) atoms. The van der Waals surface area contributed by atoms with Crippen LogP contribution in [-0.4, -0.2) is 34.2 Å². The number of hydrogen-bond acceptors (Lipinski definition) is 5. The van der Waals surface area contributed by atoms with E-state index in [2.05, 4.69) is 22.5 Å². The van der Waals surface area contributed by atoms with Crippen LogP contribution < -0.4 is 5.32 Å². The molecule has 4 amide bonds. The first kappa shape index (κ1) is 16.6. The maximum Gasteiger partial charge on any atom is 0.331 e. The number of nitrogens with one attached hydrogen (secondary N) is 1. The SMILES string of the molecule is C=CCN1C(=O)NC(=O)/C(=C\c2ccc(Br)c([N+](=O)[O-])c2)C1=O. The Kier molecular flexibility index (Phi) is 4.70. The summed E-state index contributed by atoms with van der Waals surface area (Å²) in [7, 11) is 0. The molecule has 0 atom stereocenters. The lowest BCUT2D eigenvalue weighted by atomic mass is 10.1. The van der Waals surface area contributed by atoms with Crippen LogP contribution in [0.3, 0.4) is 0 Å². The predicted octanol–water partition coefficient (Wildman–Crippen LogP) is 2.01. The number of hydrogen-bond donors (Lipinski definition) is 1. The van der Waals surface area contributed by atoms with Gasteiger partial charge in [-0.2, -0.15) is 0 Å². The lowest BCUT2D eigenvalue weighted by Crippen LogP contribution is -2.54. The summed E-state index contributed by atoms with van der Waals surface area (Å²) >= 11 is 3.05. The van der Waals surface area contributed by atoms with Crippen molar-refractivity contribution in [2.75, 3.05) is 6.54 Å². The molecule has 1 aromatic carbocycles. The van der Waals surface area contributed by atoms with Crippen LogP contribution in [-0.2, 0) is 9.59 Å². The number of halogens is 1. The Morgan fingerprint density at radius 3 is 2.65 bits per heavy atom. The van der Waals surface area contributed by atoms with Gasteiger partial charge in [0.1, 0.15) is 5.57 Å². The highest BCUT2D eigenvalue weighted by atomic mass is 79.9. The second-order valence-electron chi connectivity index (χ2n) is 4.49. The van der Waals surface area contributed by atoms with Gasteiger partial charge in [0.05, 0.1) is 9.40 Å². The van der Waals surface area contributed by atoms with Gasteiger partial charge in [-0.1, -0.05) is 12.1 Å². The van der Waals surface area contributed by atoms with Gasteiger partial charge in [-0.25, -0.2) is 4.79 Å². The summed E-state index contributed by atoms with van der Waals surface area (Å²) in [5, 5.41) is 13.0. The van der Waals surface area contributed by atoms with Crippen molar-refractivity contribution in [3.63, 3.8) is 0 Å². The van der Waals surface area contributed by atoms with Crippen molar-refractivity contribution in [2.24, 2.45) is 0 Å². The van der Waals surface area contributed by atoms with E-state index in [9.17, 15) is 24.5 Å². The fourth-order valence-electron chi connectivity index (χ4n) is 1.91. The largest absolute Gasteiger partial charge is 0.331 e. The van der Waals surface area contributed by atoms with Gasteiger partial charge < -0.3 is 0 Å². The number of benzene rings is 1. The van der Waals surface area contributed by atoms with Gasteiger partial charge in [0.2, 0.25) is 0 Å². The van der Waals surface area contributed by atoms with E-state index in [4.69, 9.17) is 0 Å². The van der Waals surface area contributed by atoms with Crippen LogP contribution in [0.2, 0.25) is 0 Å². The number of nitro benzene ring substituents is 1. The van der Waals surface area contributed by atoms with Crippen molar-refractivity contribution in [1.29, 1.82) is 0 Å². The molecule has 1 fully saturated rings. The van der Waals surface area contributed by atoms with E-state index in [1.165, 1.54) is 30.4 Å². The fourth-order valence-corrected chi connectivity index (χ4v) is 2.31. The molecular formula is C14H10BrN3O5. The van der Waals surface area contributed by atoms with E-state index >= 15 is 0 Å². The van der Waals surface area contributed by atoms with Gasteiger partial charge >= 0.3 is 6.03 Å². The molecule has 1 heterocycles. The highest BCUT2D eigenvalue weighted by Gasteiger charge is 2.34. The van der Waals surface area contributed by atoms with E-state index in [0.29, 0.717) is 0 Å². The number of urea groups is 1. The fraction of sp³-hybridized carbons (Fsp3) is 0.0714. The van der Waals surface area contributed by atoms with Gasteiger partial charge in [-0.15, -0.1) is 6.58 Å². The molecule has 1 aliphatic heterocycles. The molecule has 0 bridgehead atoms. The number of barbiturate groups is 1. The first-order chi connectivity index (χ1) is 10.8. The van der Waals surface area contributed by atoms with Gasteiger partial charge in [-0.3, -0.25) is 29.9 Å². The molecule has 9 heteroatoms. The zero-order valence-corrected chi connectivity index (χ0v) is 13.2. The standard InChI is InChI=1S/C14H10BrN3O5/c1-2-5-17-13(20)9(12(19)16-14(17)21)6-8-3-4-10(15)11(7-8)18(22)23/h2-4,6-7H,1,5H2,(H,16,19,21)/b9-6+. The van der Waals surface area contributed by atoms with Gasteiger partial charge in [0.25, 0.3) is 17.5 Å². The number of rotatable bonds is 4. The van der Waals surface area contributed by atoms with Crippen LogP contribution in [0.1, 0.15) is 5.56 Å². The Bertz CT molecular complexity index is 772. The molecule has 0 radical (unpaired) electrons. The summed E-state index contributed by atoms with van der Waals surface area (Å²) in [6.07, 6.45) is 2.54. The van der Waals surface area contributed by atoms with Crippen LogP contribution in [0.4, 0.5) is 10.5 Å². The lowest BCUT2D eigenvalue weighted by molar-refractivity contribution is -0.385. The highest BCUT2D eigenvalue weighted by Crippen LogP contribution is 2.27. The van der Waals surface area contributed by atoms with E-state index in [0.717, 1.165) is 4.90 Å². The van der Waals surface area contributed by atoms with Crippen LogP contribution >= 0.6 is 15.9 Å². The molecule has 0 spiro atoms. The maximum atomic E-state index is 12.2. The Morgan fingerprint density at radius 1 is 1.35 bits per heavy atom. The Hall–Kier alpha value is -2.81. The maximum absolute atomic E-state index is 12.2. The Labute approximate surface area is 138 Å². The van der Waals surface area contributed by atoms with Crippen LogP contribution in [0, 0.1) is 10.1 Å². The lowest BCUT2D eigenvalue weighted by Gasteiger charge is -2.25. The van der Waals surface area contributed by atoms with Crippen molar-refractivity contribution in [1.82, 2.24) is 10.2 Å². The minimum absolute atomic E-state index is 0.0597. The smallest absolute Gasteiger partial charge is 0.273 e. The highest BCUT2D eigenvalue weighted by molar-refractivity contribution is 9.10. The molecule has 1 saturated heterocycles. The summed E-state index contributed by atoms with van der Waals surface area (Å²) in [5.74, 6) is -1.64. The molecular weight excluding hydrogens is 370 g/mol. The summed E-state index contributed by atoms with van der Waals surface area (Å²) in [6, 6.07) is 3.31. The van der Waals surface area contributed by atoms with Crippen LogP contribution in [0.15, 0.2) is 40.9 Å². The van der Waals surface area contributed by atoms with Crippen molar-refractivity contribution >= 4 is 45.5 Å². The van der Waals surface area contributed by atoms with Crippen LogP contribution in [0.5, 0.6) is 0 Å². The topological polar surface area (TPSA) is 110 Å². The number of nitrogens with zero attached hydrogens (tertiary/aromatic N) is 2. The van der Waals surface area contributed by atoms with Crippen molar-refractivity contribution < 1.29 is 19.3 Å². The second-order valence-corrected chi connectivity index (χ2v) is 5.34. The zero-order chi connectivity index (χ0) is 17.1. The first-order valence-electron chi connectivity index (χ1n) is 6.29. The third-order valence-electron chi connectivity index (χ3n) is 2.98. The average molecular weight is 380 g/mol. The van der Waals surface area contributed by atoms with Gasteiger partial charge in [0, 0.05) is 12.6 Å². The number of carbonyl (C=O) groups is 3. The molecule has 0 saturated carbocycles. The zero-order valence-electron chi connectivity index (χ0n) is 11.6. The third-order valence-corrected chi connectivity index (χ3v) is 3.65. The third kappa shape index (κ3) is 3.34. The summed E-state index contributed by atoms with van der Waals surface area (Å²) in [6.45, 7) is 3.37. The monoisotopic (exact) mass is 379 g/mol. The minimum Gasteiger partial charge on any atom is -0.273 e. The van der Waals surface area contributed by atoms with Crippen molar-refractivity contribution in [3.8, 4) is 0 Å². The molecule has 1 N–H and O–H groups in total. The van der Waals surface area contributed by atoms with Crippen LogP contribution in [0.25, 0.3) is 6.08 Å². The predicted molar refractivity (Wildman–Crippen MR) is 84.2 cm³/mol. The quantitative estimate of drug-likeness (QED) is 0.283. The van der Waals surface area contributed by atoms with Crippen molar-refractivity contribution in [2.45, 2.75) is 0 Å². The number of amides is 4. The normalized spacial score (nSPS) is 16.5. The molecule has 0 unspecified atom stereocenters. The van der Waals surface area contributed by atoms with E-state index in [1.807, 2.05) is 5.32 Å². The van der Waals surface area contributed by atoms with Crippen molar-refractivity contribution in [3.05, 3.63) is 56.6 Å². The summed E-state index contributed by atoms with van der Waals surface area (Å²) < 4.78 is 0.271. The molecule has 1 aliphatic rings. The number of carbonyl (C=O) groups excluding carboxylic acids is 3.